The number of rotatable bonds is 6. The Bertz CT molecular complexity index is 794. The molecule has 0 aromatic heterocycles. The van der Waals surface area contributed by atoms with E-state index in [0.29, 0.717) is 24.2 Å². The van der Waals surface area contributed by atoms with Gasteiger partial charge in [-0.25, -0.2) is 8.42 Å². The highest BCUT2D eigenvalue weighted by Crippen LogP contribution is 2.34. The number of quaternary nitrogens is 1. The van der Waals surface area contributed by atoms with Crippen LogP contribution in [0.5, 0.6) is 0 Å². The molecular formula is C20H32N3O3S+. The fourth-order valence-corrected chi connectivity index (χ4v) is 5.76. The van der Waals surface area contributed by atoms with Gasteiger partial charge in [-0.15, -0.1) is 0 Å². The third-order valence-electron chi connectivity index (χ3n) is 5.89. The Kier molecular flexibility index (Phi) is 6.11. The second-order valence-corrected chi connectivity index (χ2v) is 9.98. The van der Waals surface area contributed by atoms with E-state index in [1.807, 2.05) is 13.0 Å². The summed E-state index contributed by atoms with van der Waals surface area (Å²) in [6.45, 7) is 7.24. The monoisotopic (exact) mass is 394 g/mol. The Morgan fingerprint density at radius 2 is 2.07 bits per heavy atom. The molecule has 1 saturated heterocycles. The Hall–Kier alpha value is -1.60. The van der Waals surface area contributed by atoms with Crippen molar-refractivity contribution in [3.05, 3.63) is 29.3 Å². The number of piperidine rings is 1. The molecule has 1 unspecified atom stereocenters. The zero-order valence-corrected chi connectivity index (χ0v) is 17.4. The molecule has 2 heterocycles. The molecule has 0 bridgehead atoms. The first-order chi connectivity index (χ1) is 12.8. The van der Waals surface area contributed by atoms with Crippen LogP contribution in [0, 0.1) is 0 Å². The van der Waals surface area contributed by atoms with Gasteiger partial charge in [0.25, 0.3) is 5.91 Å². The molecule has 1 fully saturated rings. The zero-order chi connectivity index (χ0) is 19.6. The van der Waals surface area contributed by atoms with Crippen LogP contribution in [-0.2, 0) is 16.4 Å². The first kappa shape index (κ1) is 20.1. The number of nitrogens with zero attached hydrogens (tertiary/aromatic N) is 1. The molecule has 1 aromatic carbocycles. The summed E-state index contributed by atoms with van der Waals surface area (Å²) in [6.07, 6.45) is 6.80. The molecule has 27 heavy (non-hydrogen) atoms. The summed E-state index contributed by atoms with van der Waals surface area (Å²) in [4.78, 5) is 14.1. The third kappa shape index (κ3) is 4.63. The van der Waals surface area contributed by atoms with E-state index in [0.717, 1.165) is 24.6 Å². The number of benzene rings is 1. The molecule has 0 radical (unpaired) electrons. The Morgan fingerprint density at radius 3 is 2.78 bits per heavy atom. The quantitative estimate of drug-likeness (QED) is 0.707. The second kappa shape index (κ2) is 8.19. The Morgan fingerprint density at radius 1 is 1.30 bits per heavy atom. The molecule has 0 saturated carbocycles. The van der Waals surface area contributed by atoms with Crippen LogP contribution in [0.4, 0.5) is 5.69 Å². The van der Waals surface area contributed by atoms with E-state index in [9.17, 15) is 13.2 Å². The fourth-order valence-electron chi connectivity index (χ4n) is 4.49. The SMILES string of the molecule is C[C@@H]1CCCC[NH+]1CCCNC(=O)c1ccc2c(c1)C[C@H](C)N2S(C)(=O)=O. The second-order valence-electron chi connectivity index (χ2n) is 8.12. The van der Waals surface area contributed by atoms with Crippen LogP contribution in [0.25, 0.3) is 0 Å². The van der Waals surface area contributed by atoms with Gasteiger partial charge in [-0.1, -0.05) is 0 Å². The summed E-state index contributed by atoms with van der Waals surface area (Å²) >= 11 is 0. The highest BCUT2D eigenvalue weighted by molar-refractivity contribution is 7.92. The van der Waals surface area contributed by atoms with Gasteiger partial charge in [-0.3, -0.25) is 9.10 Å². The third-order valence-corrected chi connectivity index (χ3v) is 7.17. The van der Waals surface area contributed by atoms with Crippen molar-refractivity contribution >= 4 is 21.6 Å². The maximum absolute atomic E-state index is 12.5. The van der Waals surface area contributed by atoms with Crippen molar-refractivity contribution in [2.75, 3.05) is 30.2 Å². The Balaban J connectivity index is 1.55. The number of nitrogens with one attached hydrogen (secondary N) is 2. The van der Waals surface area contributed by atoms with Gasteiger partial charge >= 0.3 is 0 Å². The number of hydrogen-bond donors (Lipinski definition) is 2. The van der Waals surface area contributed by atoms with E-state index >= 15 is 0 Å². The van der Waals surface area contributed by atoms with Gasteiger partial charge in [-0.05, 0) is 63.3 Å². The molecule has 0 spiro atoms. The maximum Gasteiger partial charge on any atom is 0.251 e. The van der Waals surface area contributed by atoms with Gasteiger partial charge in [0.1, 0.15) is 0 Å². The molecule has 2 N–H and O–H groups in total. The molecule has 3 rings (SSSR count). The van der Waals surface area contributed by atoms with Crippen molar-refractivity contribution in [3.8, 4) is 0 Å². The molecule has 6 nitrogen and oxygen atoms in total. The molecule has 7 heteroatoms. The van der Waals surface area contributed by atoms with Crippen LogP contribution in [0.3, 0.4) is 0 Å². The van der Waals surface area contributed by atoms with Crippen molar-refractivity contribution in [1.29, 1.82) is 0 Å². The van der Waals surface area contributed by atoms with Crippen molar-refractivity contribution in [2.45, 2.75) is 58.0 Å². The number of fused-ring (bicyclic) bond motifs is 1. The molecular weight excluding hydrogens is 362 g/mol. The zero-order valence-electron chi connectivity index (χ0n) is 16.6. The van der Waals surface area contributed by atoms with Crippen LogP contribution in [0.1, 0.15) is 55.5 Å². The lowest BCUT2D eigenvalue weighted by atomic mass is 10.0. The minimum Gasteiger partial charge on any atom is -0.352 e. The molecule has 1 amide bonds. The summed E-state index contributed by atoms with van der Waals surface area (Å²) in [7, 11) is -3.30. The number of carbonyl (C=O) groups excluding carboxylic acids is 1. The predicted molar refractivity (Wildman–Crippen MR) is 108 cm³/mol. The van der Waals surface area contributed by atoms with Crippen LogP contribution >= 0.6 is 0 Å². The van der Waals surface area contributed by atoms with E-state index < -0.39 is 10.0 Å². The minimum atomic E-state index is -3.30. The normalized spacial score (nSPS) is 25.3. The molecule has 2 aliphatic rings. The first-order valence-electron chi connectivity index (χ1n) is 10.0. The molecule has 3 atom stereocenters. The van der Waals surface area contributed by atoms with Gasteiger partial charge < -0.3 is 10.2 Å². The summed E-state index contributed by atoms with van der Waals surface area (Å²) in [5, 5.41) is 3.01. The van der Waals surface area contributed by atoms with Gasteiger partial charge in [0, 0.05) is 24.6 Å². The number of anilines is 1. The number of hydrogen-bond acceptors (Lipinski definition) is 3. The van der Waals surface area contributed by atoms with Crippen molar-refractivity contribution in [2.24, 2.45) is 0 Å². The standard InChI is InChI=1S/C20H31N3O3S/c1-15-7-4-5-11-22(15)12-6-10-21-20(24)17-8-9-19-18(14-17)13-16(2)23(19)27(3,25)26/h8-9,14-16H,4-7,10-13H2,1-3H3,(H,21,24)/p+1/t15-,16+/m1/s1. The first-order valence-corrected chi connectivity index (χ1v) is 11.9. The lowest BCUT2D eigenvalue weighted by Gasteiger charge is -2.30. The van der Waals surface area contributed by atoms with E-state index in [4.69, 9.17) is 0 Å². The molecule has 150 valence electrons. The topological polar surface area (TPSA) is 70.9 Å². The van der Waals surface area contributed by atoms with E-state index in [-0.39, 0.29) is 11.9 Å². The average Bonchev–Trinajstić information content (AvgIpc) is 2.94. The van der Waals surface area contributed by atoms with Crippen LogP contribution in [0.2, 0.25) is 0 Å². The fraction of sp³-hybridized carbons (Fsp3) is 0.650. The van der Waals surface area contributed by atoms with E-state index in [1.165, 1.54) is 36.4 Å². The van der Waals surface area contributed by atoms with Gasteiger partial charge in [-0.2, -0.15) is 0 Å². The predicted octanol–water partition coefficient (Wildman–Crippen LogP) is 0.974. The highest BCUT2D eigenvalue weighted by atomic mass is 32.2. The maximum atomic E-state index is 12.5. The van der Waals surface area contributed by atoms with Crippen LogP contribution < -0.4 is 14.5 Å². The average molecular weight is 395 g/mol. The molecule has 1 aromatic rings. The van der Waals surface area contributed by atoms with Crippen molar-refractivity contribution in [3.63, 3.8) is 0 Å². The van der Waals surface area contributed by atoms with E-state index in [1.54, 1.807) is 17.0 Å². The van der Waals surface area contributed by atoms with Crippen molar-refractivity contribution < 1.29 is 18.1 Å². The number of amides is 1. The Labute approximate surface area is 163 Å². The van der Waals surface area contributed by atoms with E-state index in [2.05, 4.69) is 12.2 Å². The number of sulfonamides is 1. The number of likely N-dealkylation sites (tertiary alicyclic amines) is 1. The summed E-state index contributed by atoms with van der Waals surface area (Å²) in [5.41, 5.74) is 2.23. The number of carbonyl (C=O) groups is 1. The van der Waals surface area contributed by atoms with Crippen LogP contribution in [-0.4, -0.2) is 52.3 Å². The van der Waals surface area contributed by atoms with Gasteiger partial charge in [0.05, 0.1) is 31.1 Å². The van der Waals surface area contributed by atoms with Crippen LogP contribution in [0.15, 0.2) is 18.2 Å². The smallest absolute Gasteiger partial charge is 0.251 e. The summed E-state index contributed by atoms with van der Waals surface area (Å²) < 4.78 is 25.4. The largest absolute Gasteiger partial charge is 0.352 e. The molecule has 2 aliphatic heterocycles. The summed E-state index contributed by atoms with van der Waals surface area (Å²) in [5.74, 6) is -0.0787. The van der Waals surface area contributed by atoms with Crippen molar-refractivity contribution in [1.82, 2.24) is 5.32 Å². The minimum absolute atomic E-state index is 0.0787. The lowest BCUT2D eigenvalue weighted by molar-refractivity contribution is -0.928. The van der Waals surface area contributed by atoms with Gasteiger partial charge in [0.2, 0.25) is 10.0 Å². The van der Waals surface area contributed by atoms with Gasteiger partial charge in [0.15, 0.2) is 0 Å². The highest BCUT2D eigenvalue weighted by Gasteiger charge is 2.32. The lowest BCUT2D eigenvalue weighted by Crippen LogP contribution is -3.16. The molecule has 0 aliphatic carbocycles. The summed E-state index contributed by atoms with van der Waals surface area (Å²) in [6, 6.07) is 5.94.